The minimum Gasteiger partial charge on any atom is -0.378 e. The molecule has 1 saturated heterocycles. The zero-order valence-electron chi connectivity index (χ0n) is 17.8. The summed E-state index contributed by atoms with van der Waals surface area (Å²) in [4.78, 5) is 2.43. The fourth-order valence-electron chi connectivity index (χ4n) is 4.09. The maximum atomic E-state index is 5.49. The SMILES string of the molecule is CC(C)c1cccc(-n2ccc(C[C@H](C)c3cccc(N4CCOCC4)c3)c2)c1. The van der Waals surface area contributed by atoms with Crippen LogP contribution in [0.3, 0.4) is 0 Å². The van der Waals surface area contributed by atoms with Gasteiger partial charge in [-0.15, -0.1) is 0 Å². The summed E-state index contributed by atoms with van der Waals surface area (Å²) in [5.41, 5.74) is 6.73. The first kappa shape index (κ1) is 19.8. The van der Waals surface area contributed by atoms with Crippen LogP contribution in [0.25, 0.3) is 5.69 Å². The van der Waals surface area contributed by atoms with Gasteiger partial charge in [-0.05, 0) is 65.3 Å². The Balaban J connectivity index is 1.47. The number of anilines is 1. The molecule has 0 N–H and O–H groups in total. The number of hydrogen-bond acceptors (Lipinski definition) is 2. The Hall–Kier alpha value is -2.52. The number of rotatable bonds is 6. The van der Waals surface area contributed by atoms with Crippen molar-refractivity contribution in [2.24, 2.45) is 0 Å². The Kier molecular flexibility index (Phi) is 6.05. The van der Waals surface area contributed by atoms with Crippen molar-refractivity contribution < 1.29 is 4.74 Å². The van der Waals surface area contributed by atoms with Gasteiger partial charge in [-0.2, -0.15) is 0 Å². The normalized spacial score (nSPS) is 15.7. The monoisotopic (exact) mass is 388 g/mol. The predicted octanol–water partition coefficient (Wildman–Crippen LogP) is 5.78. The lowest BCUT2D eigenvalue weighted by molar-refractivity contribution is 0.122. The molecule has 4 rings (SSSR count). The van der Waals surface area contributed by atoms with Gasteiger partial charge in [0.25, 0.3) is 0 Å². The molecule has 3 heteroatoms. The molecule has 152 valence electrons. The standard InChI is InChI=1S/C26H32N2O/c1-20(2)23-6-4-9-26(17-23)28-11-10-22(19-28)16-21(3)24-7-5-8-25(18-24)27-12-14-29-15-13-27/h4-11,17-21H,12-16H2,1-3H3/t21-/m0/s1. The fourth-order valence-corrected chi connectivity index (χ4v) is 4.09. The Labute approximate surface area is 174 Å². The second-order valence-corrected chi connectivity index (χ2v) is 8.48. The summed E-state index contributed by atoms with van der Waals surface area (Å²) in [6.07, 6.45) is 5.51. The summed E-state index contributed by atoms with van der Waals surface area (Å²) >= 11 is 0. The van der Waals surface area contributed by atoms with E-state index in [1.807, 2.05) is 0 Å². The average molecular weight is 389 g/mol. The highest BCUT2D eigenvalue weighted by Gasteiger charge is 2.14. The molecule has 1 aliphatic rings. The van der Waals surface area contributed by atoms with Crippen LogP contribution in [0.5, 0.6) is 0 Å². The van der Waals surface area contributed by atoms with Crippen LogP contribution in [0.15, 0.2) is 67.0 Å². The molecule has 3 nitrogen and oxygen atoms in total. The third-order valence-corrected chi connectivity index (χ3v) is 5.95. The van der Waals surface area contributed by atoms with Crippen molar-refractivity contribution in [2.45, 2.75) is 39.0 Å². The summed E-state index contributed by atoms with van der Waals surface area (Å²) < 4.78 is 7.74. The third-order valence-electron chi connectivity index (χ3n) is 5.95. The Morgan fingerprint density at radius 2 is 1.55 bits per heavy atom. The summed E-state index contributed by atoms with van der Waals surface area (Å²) in [5, 5.41) is 0. The number of nitrogens with zero attached hydrogens (tertiary/aromatic N) is 2. The molecule has 1 atom stereocenters. The number of ether oxygens (including phenoxy) is 1. The largest absolute Gasteiger partial charge is 0.378 e. The maximum Gasteiger partial charge on any atom is 0.0642 e. The molecule has 1 fully saturated rings. The quantitative estimate of drug-likeness (QED) is 0.532. The Bertz CT molecular complexity index is 937. The molecule has 2 aromatic carbocycles. The molecular formula is C26H32N2O. The van der Waals surface area contributed by atoms with Crippen LogP contribution in [0.2, 0.25) is 0 Å². The lowest BCUT2D eigenvalue weighted by Gasteiger charge is -2.29. The molecule has 0 unspecified atom stereocenters. The van der Waals surface area contributed by atoms with Crippen LogP contribution in [-0.4, -0.2) is 30.9 Å². The van der Waals surface area contributed by atoms with Gasteiger partial charge in [-0.25, -0.2) is 0 Å². The molecule has 1 aromatic heterocycles. The van der Waals surface area contributed by atoms with Crippen LogP contribution in [0, 0.1) is 0 Å². The Morgan fingerprint density at radius 3 is 2.31 bits per heavy atom. The van der Waals surface area contributed by atoms with Gasteiger partial charge in [0.05, 0.1) is 13.2 Å². The van der Waals surface area contributed by atoms with Gasteiger partial charge in [0.15, 0.2) is 0 Å². The van der Waals surface area contributed by atoms with E-state index in [1.165, 1.54) is 28.1 Å². The minimum absolute atomic E-state index is 0.480. The zero-order chi connectivity index (χ0) is 20.2. The molecule has 0 spiro atoms. The minimum atomic E-state index is 0.480. The van der Waals surface area contributed by atoms with Crippen molar-refractivity contribution in [1.82, 2.24) is 4.57 Å². The highest BCUT2D eigenvalue weighted by atomic mass is 16.5. The molecule has 3 aromatic rings. The average Bonchev–Trinajstić information content (AvgIpc) is 3.23. The van der Waals surface area contributed by atoms with Crippen molar-refractivity contribution in [1.29, 1.82) is 0 Å². The third kappa shape index (κ3) is 4.73. The summed E-state index contributed by atoms with van der Waals surface area (Å²) in [7, 11) is 0. The molecule has 1 aliphatic heterocycles. The van der Waals surface area contributed by atoms with Crippen LogP contribution in [0.1, 0.15) is 49.3 Å². The molecule has 0 bridgehead atoms. The highest BCUT2D eigenvalue weighted by molar-refractivity contribution is 5.50. The van der Waals surface area contributed by atoms with Crippen LogP contribution in [-0.2, 0) is 11.2 Å². The van der Waals surface area contributed by atoms with E-state index >= 15 is 0 Å². The van der Waals surface area contributed by atoms with Gasteiger partial charge in [0.2, 0.25) is 0 Å². The number of morpholine rings is 1. The lowest BCUT2D eigenvalue weighted by Crippen LogP contribution is -2.36. The van der Waals surface area contributed by atoms with E-state index in [9.17, 15) is 0 Å². The molecule has 0 radical (unpaired) electrons. The van der Waals surface area contributed by atoms with Gasteiger partial charge in [0, 0.05) is 36.9 Å². The summed E-state index contributed by atoms with van der Waals surface area (Å²) in [6, 6.07) is 20.1. The maximum absolute atomic E-state index is 5.49. The highest BCUT2D eigenvalue weighted by Crippen LogP contribution is 2.26. The molecule has 0 saturated carbocycles. The molecule has 2 heterocycles. The lowest BCUT2D eigenvalue weighted by atomic mass is 9.94. The van der Waals surface area contributed by atoms with Gasteiger partial charge >= 0.3 is 0 Å². The molecule has 0 amide bonds. The van der Waals surface area contributed by atoms with Crippen molar-refractivity contribution in [2.75, 3.05) is 31.2 Å². The van der Waals surface area contributed by atoms with Crippen molar-refractivity contribution in [3.8, 4) is 5.69 Å². The van der Waals surface area contributed by atoms with Gasteiger partial charge in [0.1, 0.15) is 0 Å². The first-order valence-electron chi connectivity index (χ1n) is 10.8. The smallest absolute Gasteiger partial charge is 0.0642 e. The zero-order valence-corrected chi connectivity index (χ0v) is 17.8. The van der Waals surface area contributed by atoms with Gasteiger partial charge < -0.3 is 14.2 Å². The van der Waals surface area contributed by atoms with E-state index in [4.69, 9.17) is 4.74 Å². The van der Waals surface area contributed by atoms with Gasteiger partial charge in [-0.3, -0.25) is 0 Å². The van der Waals surface area contributed by atoms with E-state index in [1.54, 1.807) is 0 Å². The van der Waals surface area contributed by atoms with E-state index in [2.05, 4.69) is 97.2 Å². The first-order valence-corrected chi connectivity index (χ1v) is 10.8. The van der Waals surface area contributed by atoms with Crippen molar-refractivity contribution >= 4 is 5.69 Å². The number of aromatic nitrogens is 1. The predicted molar refractivity (Wildman–Crippen MR) is 121 cm³/mol. The van der Waals surface area contributed by atoms with Gasteiger partial charge in [-0.1, -0.05) is 45.0 Å². The second kappa shape index (κ2) is 8.87. The van der Waals surface area contributed by atoms with Crippen molar-refractivity contribution in [3.05, 3.63) is 83.7 Å². The fraction of sp³-hybridized carbons (Fsp3) is 0.385. The topological polar surface area (TPSA) is 17.4 Å². The van der Waals surface area contributed by atoms with Crippen LogP contribution in [0.4, 0.5) is 5.69 Å². The number of hydrogen-bond donors (Lipinski definition) is 0. The Morgan fingerprint density at radius 1 is 0.862 bits per heavy atom. The number of benzene rings is 2. The molecular weight excluding hydrogens is 356 g/mol. The molecule has 0 aliphatic carbocycles. The summed E-state index contributed by atoms with van der Waals surface area (Å²) in [5.74, 6) is 1.03. The van der Waals surface area contributed by atoms with E-state index in [0.717, 1.165) is 32.7 Å². The first-order chi connectivity index (χ1) is 14.1. The second-order valence-electron chi connectivity index (χ2n) is 8.48. The van der Waals surface area contributed by atoms with Crippen LogP contribution >= 0.6 is 0 Å². The molecule has 29 heavy (non-hydrogen) atoms. The summed E-state index contributed by atoms with van der Waals surface area (Å²) in [6.45, 7) is 10.4. The van der Waals surface area contributed by atoms with E-state index < -0.39 is 0 Å². The van der Waals surface area contributed by atoms with E-state index in [0.29, 0.717) is 11.8 Å². The van der Waals surface area contributed by atoms with E-state index in [-0.39, 0.29) is 0 Å². The van der Waals surface area contributed by atoms with Crippen molar-refractivity contribution in [3.63, 3.8) is 0 Å². The van der Waals surface area contributed by atoms with Crippen LogP contribution < -0.4 is 4.90 Å².